The summed E-state index contributed by atoms with van der Waals surface area (Å²) in [6.45, 7) is 9.79. The Balaban J connectivity index is 1.70. The first-order valence-corrected chi connectivity index (χ1v) is 9.76. The highest BCUT2D eigenvalue weighted by molar-refractivity contribution is 5.81. The van der Waals surface area contributed by atoms with Crippen LogP contribution in [0.15, 0.2) is 47.3 Å². The topological polar surface area (TPSA) is 35.6 Å². The van der Waals surface area contributed by atoms with E-state index in [4.69, 9.17) is 0 Å². The van der Waals surface area contributed by atoms with Crippen LogP contribution in [0.2, 0.25) is 0 Å². The van der Waals surface area contributed by atoms with Crippen LogP contribution in [-0.2, 0) is 4.79 Å². The fraction of sp³-hybridized carbons (Fsp3) is 0.571. The van der Waals surface area contributed by atoms with E-state index in [2.05, 4.69) is 61.5 Å². The van der Waals surface area contributed by atoms with Gasteiger partial charge in [-0.2, -0.15) is 0 Å². The zero-order valence-corrected chi connectivity index (χ0v) is 15.5. The molecule has 4 heteroatoms. The molecule has 4 aliphatic rings. The maximum absolute atomic E-state index is 13.0. The summed E-state index contributed by atoms with van der Waals surface area (Å²) in [6.07, 6.45) is 12.3. The minimum absolute atomic E-state index is 0.00579. The molecule has 0 aromatic rings. The maximum atomic E-state index is 13.0. The second-order valence-electron chi connectivity index (χ2n) is 7.47. The maximum Gasteiger partial charge on any atom is 0.230 e. The van der Waals surface area contributed by atoms with Crippen molar-refractivity contribution in [1.29, 1.82) is 0 Å². The lowest BCUT2D eigenvalue weighted by molar-refractivity contribution is -0.134. The van der Waals surface area contributed by atoms with Crippen molar-refractivity contribution in [3.05, 3.63) is 47.3 Å². The Hall–Kier alpha value is -1.81. The Bertz CT molecular complexity index is 683. The molecule has 4 nitrogen and oxygen atoms in total. The van der Waals surface area contributed by atoms with E-state index in [1.165, 1.54) is 16.8 Å². The molecule has 1 amide bonds. The van der Waals surface area contributed by atoms with E-state index in [0.717, 1.165) is 32.6 Å². The van der Waals surface area contributed by atoms with Gasteiger partial charge in [0.2, 0.25) is 5.91 Å². The number of nitrogens with one attached hydrogen (secondary N) is 1. The highest BCUT2D eigenvalue weighted by Gasteiger charge is 2.46. The number of likely N-dealkylation sites (N-methyl/N-ethyl adjacent to an activating group) is 1. The standard InChI is InChI=1S/C21H29N3O/c1-4-23(5-2)21(25)15-10-17-16-8-7-9-18-20(16)14(12-22-18)11-19(17)24(6-3)13-15/h7-10,12,15-16,19-20,22H,4-6,11,13H2,1-3H3. The van der Waals surface area contributed by atoms with E-state index in [1.54, 1.807) is 0 Å². The Labute approximate surface area is 150 Å². The molecule has 1 fully saturated rings. The molecule has 25 heavy (non-hydrogen) atoms. The van der Waals surface area contributed by atoms with Crippen molar-refractivity contribution in [3.63, 3.8) is 0 Å². The molecule has 4 rings (SSSR count). The third kappa shape index (κ3) is 2.58. The molecule has 0 aromatic heterocycles. The number of hydrogen-bond donors (Lipinski definition) is 1. The highest BCUT2D eigenvalue weighted by Crippen LogP contribution is 2.49. The molecule has 0 spiro atoms. The van der Waals surface area contributed by atoms with Gasteiger partial charge in [-0.25, -0.2) is 0 Å². The summed E-state index contributed by atoms with van der Waals surface area (Å²) in [5.74, 6) is 1.15. The zero-order valence-electron chi connectivity index (χ0n) is 15.5. The molecule has 0 saturated heterocycles. The van der Waals surface area contributed by atoms with Crippen molar-refractivity contribution in [2.24, 2.45) is 17.8 Å². The number of fused-ring (bicyclic) bond motifs is 2. The fourth-order valence-electron chi connectivity index (χ4n) is 5.07. The quantitative estimate of drug-likeness (QED) is 0.800. The first-order chi connectivity index (χ1) is 12.2. The Morgan fingerprint density at radius 3 is 2.84 bits per heavy atom. The van der Waals surface area contributed by atoms with Crippen LogP contribution in [-0.4, -0.2) is 47.9 Å². The number of nitrogens with zero attached hydrogens (tertiary/aromatic N) is 2. The van der Waals surface area contributed by atoms with Crippen molar-refractivity contribution in [2.75, 3.05) is 26.2 Å². The van der Waals surface area contributed by atoms with Gasteiger partial charge >= 0.3 is 0 Å². The molecular formula is C21H29N3O. The normalized spacial score (nSPS) is 32.8. The van der Waals surface area contributed by atoms with Gasteiger partial charge in [0.15, 0.2) is 0 Å². The third-order valence-corrected chi connectivity index (χ3v) is 6.37. The van der Waals surface area contributed by atoms with Crippen LogP contribution in [0.3, 0.4) is 0 Å². The van der Waals surface area contributed by atoms with Crippen molar-refractivity contribution in [2.45, 2.75) is 33.2 Å². The minimum atomic E-state index is -0.00579. The van der Waals surface area contributed by atoms with E-state index < -0.39 is 0 Å². The van der Waals surface area contributed by atoms with Crippen LogP contribution < -0.4 is 5.32 Å². The van der Waals surface area contributed by atoms with Crippen molar-refractivity contribution in [3.8, 4) is 0 Å². The van der Waals surface area contributed by atoms with Gasteiger partial charge in [0.1, 0.15) is 0 Å². The average Bonchev–Trinajstić information content (AvgIpc) is 3.06. The molecule has 4 unspecified atom stereocenters. The number of amides is 1. The van der Waals surface area contributed by atoms with Gasteiger partial charge in [-0.05, 0) is 44.0 Å². The van der Waals surface area contributed by atoms with Gasteiger partial charge < -0.3 is 10.2 Å². The molecule has 2 aliphatic carbocycles. The molecule has 2 aliphatic heterocycles. The summed E-state index contributed by atoms with van der Waals surface area (Å²) in [5, 5.41) is 3.47. The van der Waals surface area contributed by atoms with Gasteiger partial charge in [0.05, 0.1) is 5.92 Å². The van der Waals surface area contributed by atoms with Gasteiger partial charge in [0, 0.05) is 49.4 Å². The third-order valence-electron chi connectivity index (χ3n) is 6.37. The van der Waals surface area contributed by atoms with Crippen LogP contribution in [0, 0.1) is 17.8 Å². The highest BCUT2D eigenvalue weighted by atomic mass is 16.2. The predicted octanol–water partition coefficient (Wildman–Crippen LogP) is 2.68. The first-order valence-electron chi connectivity index (χ1n) is 9.76. The summed E-state index contributed by atoms with van der Waals surface area (Å²) in [4.78, 5) is 17.5. The van der Waals surface area contributed by atoms with Gasteiger partial charge in [-0.1, -0.05) is 25.2 Å². The SMILES string of the molecule is CCN(CC)C(=O)C1C=C2C3C=CC=C4NC=C(CC2N(CC)C1)C43. The van der Waals surface area contributed by atoms with Crippen molar-refractivity contribution in [1.82, 2.24) is 15.1 Å². The van der Waals surface area contributed by atoms with E-state index >= 15 is 0 Å². The number of hydrogen-bond acceptors (Lipinski definition) is 3. The molecule has 4 atom stereocenters. The fourth-order valence-corrected chi connectivity index (χ4v) is 5.07. The molecule has 2 heterocycles. The molecule has 134 valence electrons. The first kappa shape index (κ1) is 16.6. The lowest BCUT2D eigenvalue weighted by Gasteiger charge is -2.47. The van der Waals surface area contributed by atoms with Gasteiger partial charge in [-0.3, -0.25) is 9.69 Å². The molecular weight excluding hydrogens is 310 g/mol. The van der Waals surface area contributed by atoms with Crippen LogP contribution in [0.4, 0.5) is 0 Å². The summed E-state index contributed by atoms with van der Waals surface area (Å²) in [5.41, 5.74) is 4.31. The molecule has 1 saturated carbocycles. The number of carbonyl (C=O) groups excluding carboxylic acids is 1. The largest absolute Gasteiger partial charge is 0.364 e. The van der Waals surface area contributed by atoms with Crippen LogP contribution in [0.1, 0.15) is 27.2 Å². The van der Waals surface area contributed by atoms with Crippen LogP contribution in [0.5, 0.6) is 0 Å². The van der Waals surface area contributed by atoms with Crippen LogP contribution in [0.25, 0.3) is 0 Å². The Morgan fingerprint density at radius 2 is 2.12 bits per heavy atom. The van der Waals surface area contributed by atoms with Gasteiger partial charge in [0.25, 0.3) is 0 Å². The lowest BCUT2D eigenvalue weighted by Crippen LogP contribution is -2.51. The number of rotatable bonds is 4. The summed E-state index contributed by atoms with van der Waals surface area (Å²) in [6, 6.07) is 0.446. The Morgan fingerprint density at radius 1 is 1.32 bits per heavy atom. The monoisotopic (exact) mass is 339 g/mol. The number of allylic oxidation sites excluding steroid dienone is 4. The second kappa shape index (κ2) is 6.49. The summed E-state index contributed by atoms with van der Waals surface area (Å²) >= 11 is 0. The number of carbonyl (C=O) groups is 1. The van der Waals surface area contributed by atoms with E-state index in [0.29, 0.717) is 17.9 Å². The van der Waals surface area contributed by atoms with Gasteiger partial charge in [-0.15, -0.1) is 0 Å². The molecule has 0 bridgehead atoms. The minimum Gasteiger partial charge on any atom is -0.364 e. The lowest BCUT2D eigenvalue weighted by atomic mass is 9.66. The smallest absolute Gasteiger partial charge is 0.230 e. The second-order valence-corrected chi connectivity index (χ2v) is 7.47. The van der Waals surface area contributed by atoms with E-state index in [9.17, 15) is 4.79 Å². The average molecular weight is 339 g/mol. The predicted molar refractivity (Wildman–Crippen MR) is 101 cm³/mol. The van der Waals surface area contributed by atoms with Crippen molar-refractivity contribution < 1.29 is 4.79 Å². The van der Waals surface area contributed by atoms with E-state index in [1.807, 2.05) is 4.90 Å². The summed E-state index contributed by atoms with van der Waals surface area (Å²) < 4.78 is 0. The molecule has 1 N–H and O–H groups in total. The van der Waals surface area contributed by atoms with E-state index in [-0.39, 0.29) is 11.8 Å². The summed E-state index contributed by atoms with van der Waals surface area (Å²) in [7, 11) is 0. The zero-order chi connectivity index (χ0) is 17.6. The Kier molecular flexibility index (Phi) is 4.32. The van der Waals surface area contributed by atoms with Crippen LogP contribution >= 0.6 is 0 Å². The van der Waals surface area contributed by atoms with Crippen molar-refractivity contribution >= 4 is 5.91 Å². The molecule has 0 radical (unpaired) electrons. The molecule has 0 aromatic carbocycles.